The Labute approximate surface area is 171 Å². The summed E-state index contributed by atoms with van der Waals surface area (Å²) in [5.41, 5.74) is 2.59. The Bertz CT molecular complexity index is 1050. The lowest BCUT2D eigenvalue weighted by Gasteiger charge is -2.03. The molecule has 28 heavy (non-hydrogen) atoms. The van der Waals surface area contributed by atoms with E-state index in [4.69, 9.17) is 0 Å². The molecule has 0 amide bonds. The number of aromatic nitrogens is 3. The molecule has 0 saturated carbocycles. The molecule has 6 nitrogen and oxygen atoms in total. The summed E-state index contributed by atoms with van der Waals surface area (Å²) in [4.78, 5) is 15.3. The summed E-state index contributed by atoms with van der Waals surface area (Å²) in [5, 5.41) is 12.9. The van der Waals surface area contributed by atoms with Gasteiger partial charge in [0.15, 0.2) is 17.5 Å². The number of aromatic amines is 1. The Hall–Kier alpha value is -2.97. The standard InChI is InChI=1S/C18H13F2N5O.2ClH/c19-13-4-3-10(6-14(13)20)8-23-18-24-15(17(26)25-18)7-11-9-22-16-12(11)2-1-5-21-16;;/h1-7,9,26H,8H2,(H2,23,24,25);2*1H. The van der Waals surface area contributed by atoms with Crippen molar-refractivity contribution in [2.75, 3.05) is 5.32 Å². The van der Waals surface area contributed by atoms with Crippen LogP contribution in [0, 0.1) is 11.6 Å². The number of hydrogen-bond acceptors (Lipinski definition) is 5. The first-order valence-corrected chi connectivity index (χ1v) is 7.78. The van der Waals surface area contributed by atoms with E-state index in [1.807, 2.05) is 12.1 Å². The average molecular weight is 426 g/mol. The van der Waals surface area contributed by atoms with Gasteiger partial charge in [-0.15, -0.1) is 24.8 Å². The number of nitrogens with zero attached hydrogens (tertiary/aromatic N) is 3. The van der Waals surface area contributed by atoms with E-state index >= 15 is 0 Å². The Morgan fingerprint density at radius 2 is 1.96 bits per heavy atom. The van der Waals surface area contributed by atoms with Crippen molar-refractivity contribution in [3.8, 4) is 5.88 Å². The summed E-state index contributed by atoms with van der Waals surface area (Å²) in [7, 11) is 0. The second-order valence-corrected chi connectivity index (χ2v) is 5.66. The third-order valence-corrected chi connectivity index (χ3v) is 3.88. The second-order valence-electron chi connectivity index (χ2n) is 5.66. The Kier molecular flexibility index (Phi) is 6.71. The lowest BCUT2D eigenvalue weighted by molar-refractivity contribution is 0.455. The monoisotopic (exact) mass is 425 g/mol. The molecule has 3 heterocycles. The number of aromatic hydroxyl groups is 1. The van der Waals surface area contributed by atoms with Crippen molar-refractivity contribution in [1.29, 1.82) is 0 Å². The molecule has 2 aromatic heterocycles. The largest absolute Gasteiger partial charge is 0.492 e. The number of aliphatic imine (C=N–C) groups is 1. The summed E-state index contributed by atoms with van der Waals surface area (Å²) < 4.78 is 26.2. The molecule has 146 valence electrons. The molecule has 3 aromatic rings. The molecular weight excluding hydrogens is 411 g/mol. The van der Waals surface area contributed by atoms with Crippen LogP contribution >= 0.6 is 24.8 Å². The summed E-state index contributed by atoms with van der Waals surface area (Å²) in [6.45, 7) is 0.217. The molecule has 0 spiro atoms. The maximum absolute atomic E-state index is 13.2. The molecule has 10 heteroatoms. The molecule has 0 unspecified atom stereocenters. The Balaban J connectivity index is 0.00000140. The highest BCUT2D eigenvalue weighted by molar-refractivity contribution is 6.20. The van der Waals surface area contributed by atoms with Crippen molar-refractivity contribution in [1.82, 2.24) is 15.0 Å². The summed E-state index contributed by atoms with van der Waals surface area (Å²) in [6.07, 6.45) is 5.03. The quantitative estimate of drug-likeness (QED) is 0.574. The lowest BCUT2D eigenvalue weighted by atomic mass is 10.1. The maximum Gasteiger partial charge on any atom is 0.238 e. The molecule has 0 aliphatic carbocycles. The number of nitrogens with one attached hydrogen (secondary N) is 2. The molecular formula is C18H15Cl2F2N5O. The predicted molar refractivity (Wildman–Crippen MR) is 109 cm³/mol. The van der Waals surface area contributed by atoms with Crippen molar-refractivity contribution in [3.05, 3.63) is 65.0 Å². The van der Waals surface area contributed by atoms with Crippen LogP contribution in [0.5, 0.6) is 5.88 Å². The van der Waals surface area contributed by atoms with Gasteiger partial charge >= 0.3 is 0 Å². The van der Waals surface area contributed by atoms with Gasteiger partial charge in [0, 0.05) is 30.1 Å². The molecule has 3 N–H and O–H groups in total. The number of pyridine rings is 1. The summed E-state index contributed by atoms with van der Waals surface area (Å²) >= 11 is 0. The number of benzene rings is 1. The Morgan fingerprint density at radius 1 is 1.14 bits per heavy atom. The number of imidazole rings is 1. The van der Waals surface area contributed by atoms with Gasteiger partial charge in [-0.25, -0.2) is 18.8 Å². The molecule has 4 rings (SSSR count). The van der Waals surface area contributed by atoms with Gasteiger partial charge in [-0.3, -0.25) is 0 Å². The van der Waals surface area contributed by atoms with Crippen LogP contribution < -0.4 is 5.32 Å². The fourth-order valence-electron chi connectivity index (χ4n) is 2.59. The summed E-state index contributed by atoms with van der Waals surface area (Å²) in [6, 6.07) is 7.33. The molecule has 0 atom stereocenters. The van der Waals surface area contributed by atoms with Crippen LogP contribution in [0.25, 0.3) is 11.6 Å². The molecule has 1 aliphatic heterocycles. The predicted octanol–water partition coefficient (Wildman–Crippen LogP) is 4.50. The Morgan fingerprint density at radius 3 is 2.75 bits per heavy atom. The lowest BCUT2D eigenvalue weighted by Crippen LogP contribution is -2.01. The van der Waals surface area contributed by atoms with Crippen molar-refractivity contribution >= 4 is 54.4 Å². The number of hydrogen-bond donors (Lipinski definition) is 3. The van der Waals surface area contributed by atoms with Gasteiger partial charge < -0.3 is 15.4 Å². The van der Waals surface area contributed by atoms with Crippen molar-refractivity contribution in [2.24, 2.45) is 4.99 Å². The molecule has 1 aromatic carbocycles. The zero-order chi connectivity index (χ0) is 18.1. The van der Waals surface area contributed by atoms with Crippen molar-refractivity contribution in [2.45, 2.75) is 6.54 Å². The zero-order valence-corrected chi connectivity index (χ0v) is 15.8. The molecule has 0 radical (unpaired) electrons. The van der Waals surface area contributed by atoms with E-state index in [1.165, 1.54) is 6.07 Å². The van der Waals surface area contributed by atoms with Crippen LogP contribution in [0.3, 0.4) is 0 Å². The molecule has 0 bridgehead atoms. The maximum atomic E-state index is 13.2. The fourth-order valence-corrected chi connectivity index (χ4v) is 2.59. The van der Waals surface area contributed by atoms with Crippen LogP contribution in [0.1, 0.15) is 16.8 Å². The number of fused-ring (bicyclic) bond motifs is 1. The third-order valence-electron chi connectivity index (χ3n) is 3.88. The third kappa shape index (κ3) is 4.29. The topological polar surface area (TPSA) is 86.2 Å². The van der Waals surface area contributed by atoms with E-state index in [9.17, 15) is 13.9 Å². The smallest absolute Gasteiger partial charge is 0.238 e. The SMILES string of the molecule is Cl.Cl.Oc1nc(NCc2ccc(F)c(F)c2)[nH]c1C=C1C=Nc2ncccc21. The minimum Gasteiger partial charge on any atom is -0.492 e. The van der Waals surface area contributed by atoms with E-state index in [-0.39, 0.29) is 37.2 Å². The molecule has 0 saturated heterocycles. The van der Waals surface area contributed by atoms with Gasteiger partial charge in [-0.1, -0.05) is 6.07 Å². The van der Waals surface area contributed by atoms with E-state index in [2.05, 4.69) is 25.3 Å². The minimum atomic E-state index is -0.912. The average Bonchev–Trinajstić information content (AvgIpc) is 3.20. The van der Waals surface area contributed by atoms with Crippen LogP contribution in [-0.2, 0) is 6.54 Å². The van der Waals surface area contributed by atoms with Crippen LogP contribution in [0.15, 0.2) is 41.5 Å². The van der Waals surface area contributed by atoms with E-state index < -0.39 is 11.6 Å². The molecule has 1 aliphatic rings. The number of allylic oxidation sites excluding steroid dienone is 1. The second kappa shape index (κ2) is 8.81. The van der Waals surface area contributed by atoms with Crippen molar-refractivity contribution < 1.29 is 13.9 Å². The first kappa shape index (κ1) is 21.3. The van der Waals surface area contributed by atoms with E-state index in [1.54, 1.807) is 18.5 Å². The van der Waals surface area contributed by atoms with Gasteiger partial charge in [-0.2, -0.15) is 4.98 Å². The number of anilines is 1. The first-order valence-electron chi connectivity index (χ1n) is 7.78. The van der Waals surface area contributed by atoms with Crippen LogP contribution in [-0.4, -0.2) is 26.3 Å². The van der Waals surface area contributed by atoms with Gasteiger partial charge in [0.1, 0.15) is 5.69 Å². The first-order chi connectivity index (χ1) is 12.6. The normalized spacial score (nSPS) is 13.0. The number of rotatable bonds is 4. The van der Waals surface area contributed by atoms with Gasteiger partial charge in [0.05, 0.1) is 0 Å². The number of halogens is 4. The fraction of sp³-hybridized carbons (Fsp3) is 0.0556. The summed E-state index contributed by atoms with van der Waals surface area (Å²) in [5.74, 6) is -1.07. The van der Waals surface area contributed by atoms with Crippen LogP contribution in [0.4, 0.5) is 20.5 Å². The van der Waals surface area contributed by atoms with Gasteiger partial charge in [-0.05, 0) is 35.9 Å². The van der Waals surface area contributed by atoms with E-state index in [0.29, 0.717) is 23.0 Å². The zero-order valence-electron chi connectivity index (χ0n) is 14.2. The number of H-pyrrole nitrogens is 1. The van der Waals surface area contributed by atoms with E-state index in [0.717, 1.165) is 23.3 Å². The minimum absolute atomic E-state index is 0. The van der Waals surface area contributed by atoms with Gasteiger partial charge in [0.25, 0.3) is 0 Å². The highest BCUT2D eigenvalue weighted by Gasteiger charge is 2.15. The highest BCUT2D eigenvalue weighted by atomic mass is 35.5. The van der Waals surface area contributed by atoms with Crippen molar-refractivity contribution in [3.63, 3.8) is 0 Å². The van der Waals surface area contributed by atoms with Crippen LogP contribution in [0.2, 0.25) is 0 Å². The highest BCUT2D eigenvalue weighted by Crippen LogP contribution is 2.31. The van der Waals surface area contributed by atoms with Gasteiger partial charge in [0.2, 0.25) is 11.8 Å². The molecule has 0 fully saturated rings.